The first kappa shape index (κ1) is 13.5. The van der Waals surface area contributed by atoms with E-state index in [0.717, 1.165) is 6.42 Å². The van der Waals surface area contributed by atoms with E-state index in [1.54, 1.807) is 0 Å². The van der Waals surface area contributed by atoms with E-state index in [-0.39, 0.29) is 23.2 Å². The molecule has 0 aliphatic carbocycles. The summed E-state index contributed by atoms with van der Waals surface area (Å²) in [5.74, 6) is 0.392. The van der Waals surface area contributed by atoms with Gasteiger partial charge in [0.15, 0.2) is 0 Å². The number of aliphatic hydroxyl groups excluding tert-OH is 1. The molecule has 1 aromatic heterocycles. The van der Waals surface area contributed by atoms with E-state index in [1.165, 1.54) is 11.1 Å². The van der Waals surface area contributed by atoms with Gasteiger partial charge in [-0.3, -0.25) is 0 Å². The zero-order chi connectivity index (χ0) is 14.1. The fraction of sp³-hybridized carbons (Fsp3) is 0.308. The first-order valence-electron chi connectivity index (χ1n) is 6.18. The van der Waals surface area contributed by atoms with Crippen LogP contribution in [0.5, 0.6) is 0 Å². The second-order valence-corrected chi connectivity index (χ2v) is 5.29. The Hall–Kier alpha value is -1.43. The van der Waals surface area contributed by atoms with Gasteiger partial charge in [0.25, 0.3) is 0 Å². The lowest BCUT2D eigenvalue weighted by Crippen LogP contribution is -2.43. The molecule has 1 aliphatic heterocycles. The predicted molar refractivity (Wildman–Crippen MR) is 77.0 cm³/mol. The van der Waals surface area contributed by atoms with Crippen LogP contribution >= 0.6 is 23.2 Å². The maximum Gasteiger partial charge on any atom is 0.231 e. The number of hydrogen-bond donors (Lipinski definition) is 1. The molecular weight excluding hydrogens is 299 g/mol. The van der Waals surface area contributed by atoms with E-state index in [9.17, 15) is 5.11 Å². The lowest BCUT2D eigenvalue weighted by atomic mass is 9.95. The molecule has 1 aromatic carbocycles. The Morgan fingerprint density at radius 3 is 2.40 bits per heavy atom. The molecule has 2 heterocycles. The van der Waals surface area contributed by atoms with E-state index in [4.69, 9.17) is 23.2 Å². The first-order valence-corrected chi connectivity index (χ1v) is 6.94. The van der Waals surface area contributed by atoms with Gasteiger partial charge in [-0.05, 0) is 40.7 Å². The highest BCUT2D eigenvalue weighted by Crippen LogP contribution is 2.27. The van der Waals surface area contributed by atoms with Gasteiger partial charge in [0.05, 0.1) is 12.6 Å². The number of aromatic nitrogens is 3. The number of halogens is 2. The minimum absolute atomic E-state index is 0.00918. The molecule has 0 radical (unpaired) electrons. The summed E-state index contributed by atoms with van der Waals surface area (Å²) in [6, 6.07) is 8.02. The third-order valence-corrected chi connectivity index (χ3v) is 3.73. The Kier molecular flexibility index (Phi) is 3.74. The van der Waals surface area contributed by atoms with Crippen LogP contribution in [-0.2, 0) is 13.0 Å². The number of hydrogen-bond acceptors (Lipinski definition) is 5. The van der Waals surface area contributed by atoms with Crippen molar-refractivity contribution < 1.29 is 5.11 Å². The van der Waals surface area contributed by atoms with E-state index < -0.39 is 0 Å². The van der Waals surface area contributed by atoms with Crippen LogP contribution in [0.3, 0.4) is 0 Å². The highest BCUT2D eigenvalue weighted by atomic mass is 35.5. The van der Waals surface area contributed by atoms with Crippen LogP contribution in [0.1, 0.15) is 11.1 Å². The molecule has 0 amide bonds. The van der Waals surface area contributed by atoms with E-state index in [1.807, 2.05) is 17.0 Å². The molecule has 20 heavy (non-hydrogen) atoms. The molecule has 1 atom stereocenters. The van der Waals surface area contributed by atoms with Crippen molar-refractivity contribution in [3.8, 4) is 0 Å². The van der Waals surface area contributed by atoms with Crippen LogP contribution in [0.15, 0.2) is 24.3 Å². The van der Waals surface area contributed by atoms with Crippen LogP contribution in [0.2, 0.25) is 10.6 Å². The van der Waals surface area contributed by atoms with Gasteiger partial charge in [0.1, 0.15) is 0 Å². The average molecular weight is 311 g/mol. The summed E-state index contributed by atoms with van der Waals surface area (Å²) in [7, 11) is 0. The van der Waals surface area contributed by atoms with Crippen molar-refractivity contribution >= 4 is 29.2 Å². The normalized spacial score (nSPS) is 17.9. The molecule has 104 valence electrons. The summed E-state index contributed by atoms with van der Waals surface area (Å²) < 4.78 is 0. The maximum absolute atomic E-state index is 9.61. The Labute approximate surface area is 126 Å². The second kappa shape index (κ2) is 5.52. The molecule has 0 spiro atoms. The van der Waals surface area contributed by atoms with E-state index in [2.05, 4.69) is 27.1 Å². The molecule has 0 unspecified atom stereocenters. The van der Waals surface area contributed by atoms with Crippen molar-refractivity contribution in [2.45, 2.75) is 19.0 Å². The lowest BCUT2D eigenvalue weighted by molar-refractivity contribution is 0.252. The molecule has 0 saturated heterocycles. The van der Waals surface area contributed by atoms with Gasteiger partial charge in [0, 0.05) is 6.54 Å². The van der Waals surface area contributed by atoms with Crippen molar-refractivity contribution in [1.82, 2.24) is 15.0 Å². The molecule has 5 nitrogen and oxygen atoms in total. The smallest absolute Gasteiger partial charge is 0.231 e. The largest absolute Gasteiger partial charge is 0.394 e. The molecule has 1 N–H and O–H groups in total. The third kappa shape index (κ3) is 2.57. The number of rotatable bonds is 2. The molecule has 1 aliphatic rings. The zero-order valence-corrected chi connectivity index (χ0v) is 12.0. The zero-order valence-electron chi connectivity index (χ0n) is 10.5. The van der Waals surface area contributed by atoms with Gasteiger partial charge in [-0.25, -0.2) is 0 Å². The van der Waals surface area contributed by atoms with Crippen molar-refractivity contribution in [3.63, 3.8) is 0 Å². The maximum atomic E-state index is 9.61. The Morgan fingerprint density at radius 2 is 1.75 bits per heavy atom. The number of anilines is 1. The van der Waals surface area contributed by atoms with Crippen molar-refractivity contribution in [2.24, 2.45) is 0 Å². The summed E-state index contributed by atoms with van der Waals surface area (Å²) in [5.41, 5.74) is 2.42. The van der Waals surface area contributed by atoms with Crippen LogP contribution < -0.4 is 4.90 Å². The van der Waals surface area contributed by atoms with Crippen LogP contribution in [0.25, 0.3) is 0 Å². The number of benzene rings is 1. The minimum Gasteiger partial charge on any atom is -0.394 e. The molecule has 2 aromatic rings. The first-order chi connectivity index (χ1) is 9.67. The lowest BCUT2D eigenvalue weighted by Gasteiger charge is -2.35. The topological polar surface area (TPSA) is 62.1 Å². The molecule has 0 fully saturated rings. The molecule has 3 rings (SSSR count). The van der Waals surface area contributed by atoms with Crippen molar-refractivity contribution in [1.29, 1.82) is 0 Å². The monoisotopic (exact) mass is 310 g/mol. The number of nitrogens with zero attached hydrogens (tertiary/aromatic N) is 4. The summed E-state index contributed by atoms with van der Waals surface area (Å²) in [4.78, 5) is 13.9. The van der Waals surface area contributed by atoms with Gasteiger partial charge < -0.3 is 10.0 Å². The Bertz CT molecular complexity index is 617. The standard InChI is InChI=1S/C13H12Cl2N4O/c14-11-16-12(15)18-13(17-11)19-6-9-4-2-1-3-8(9)5-10(19)7-20/h1-4,10,20H,5-7H2/t10-/m1/s1. The SMILES string of the molecule is OC[C@H]1Cc2ccccc2CN1c1nc(Cl)nc(Cl)n1. The summed E-state index contributed by atoms with van der Waals surface area (Å²) in [6.07, 6.45) is 0.730. The van der Waals surface area contributed by atoms with Gasteiger partial charge in [-0.2, -0.15) is 15.0 Å². The fourth-order valence-corrected chi connectivity index (χ4v) is 2.78. The highest BCUT2D eigenvalue weighted by molar-refractivity contribution is 6.31. The summed E-state index contributed by atoms with van der Waals surface area (Å²) in [6.45, 7) is 0.618. The second-order valence-electron chi connectivity index (χ2n) is 4.61. The van der Waals surface area contributed by atoms with Crippen LogP contribution in [-0.4, -0.2) is 32.7 Å². The Morgan fingerprint density at radius 1 is 1.10 bits per heavy atom. The quantitative estimate of drug-likeness (QED) is 0.920. The van der Waals surface area contributed by atoms with Gasteiger partial charge >= 0.3 is 0 Å². The van der Waals surface area contributed by atoms with Gasteiger partial charge in [-0.1, -0.05) is 24.3 Å². The molecule has 7 heteroatoms. The van der Waals surface area contributed by atoms with Gasteiger partial charge in [-0.15, -0.1) is 0 Å². The fourth-order valence-electron chi connectivity index (χ4n) is 2.43. The summed E-state index contributed by atoms with van der Waals surface area (Å²) >= 11 is 11.6. The molecule has 0 saturated carbocycles. The highest BCUT2D eigenvalue weighted by Gasteiger charge is 2.27. The average Bonchev–Trinajstić information content (AvgIpc) is 2.44. The number of aliphatic hydroxyl groups is 1. The van der Waals surface area contributed by atoms with Crippen molar-refractivity contribution in [3.05, 3.63) is 46.0 Å². The number of fused-ring (bicyclic) bond motifs is 1. The van der Waals surface area contributed by atoms with Gasteiger partial charge in [0.2, 0.25) is 16.5 Å². The Balaban J connectivity index is 2.00. The summed E-state index contributed by atoms with van der Waals surface area (Å²) in [5, 5.41) is 9.71. The predicted octanol–water partition coefficient (Wildman–Crippen LogP) is 2.10. The van der Waals surface area contributed by atoms with Crippen molar-refractivity contribution in [2.75, 3.05) is 11.5 Å². The van der Waals surface area contributed by atoms with E-state index >= 15 is 0 Å². The molecule has 0 bridgehead atoms. The minimum atomic E-state index is -0.0977. The third-order valence-electron chi connectivity index (χ3n) is 3.39. The molecular formula is C13H12Cl2N4O. The van der Waals surface area contributed by atoms with Crippen LogP contribution in [0.4, 0.5) is 5.95 Å². The van der Waals surface area contributed by atoms with E-state index in [0.29, 0.717) is 12.5 Å². The van der Waals surface area contributed by atoms with Crippen LogP contribution in [0, 0.1) is 0 Å².